The fourth-order valence-electron chi connectivity index (χ4n) is 3.53. The summed E-state index contributed by atoms with van der Waals surface area (Å²) >= 11 is 0. The Morgan fingerprint density at radius 3 is 2.80 bits per heavy atom. The molecule has 130 valence electrons. The molecule has 2 aromatic rings. The molecule has 2 aliphatic rings. The van der Waals surface area contributed by atoms with Gasteiger partial charge in [0.05, 0.1) is 12.5 Å². The Hall–Kier alpha value is -2.56. The van der Waals surface area contributed by atoms with E-state index in [1.807, 2.05) is 36.4 Å². The van der Waals surface area contributed by atoms with Crippen LogP contribution < -0.4 is 5.32 Å². The minimum atomic E-state index is -0.411. The first kappa shape index (κ1) is 15.9. The Kier molecular flexibility index (Phi) is 3.86. The monoisotopic (exact) mass is 338 g/mol. The first-order valence-electron chi connectivity index (χ1n) is 8.75. The van der Waals surface area contributed by atoms with Crippen LogP contribution in [0.2, 0.25) is 0 Å². The number of fused-ring (bicyclic) bond motifs is 1. The lowest BCUT2D eigenvalue weighted by Crippen LogP contribution is -2.29. The van der Waals surface area contributed by atoms with Crippen molar-refractivity contribution in [1.29, 1.82) is 0 Å². The van der Waals surface area contributed by atoms with E-state index in [2.05, 4.69) is 12.2 Å². The topological polar surface area (TPSA) is 62.6 Å². The molecular formula is C20H22N2O3. The Morgan fingerprint density at radius 2 is 2.04 bits per heavy atom. The van der Waals surface area contributed by atoms with Crippen molar-refractivity contribution in [2.24, 2.45) is 5.92 Å². The summed E-state index contributed by atoms with van der Waals surface area (Å²) in [5.41, 5.74) is 1.71. The Morgan fingerprint density at radius 1 is 1.28 bits per heavy atom. The van der Waals surface area contributed by atoms with Gasteiger partial charge in [0.1, 0.15) is 11.5 Å². The lowest BCUT2D eigenvalue weighted by molar-refractivity contribution is -0.132. The maximum absolute atomic E-state index is 12.6. The van der Waals surface area contributed by atoms with E-state index in [4.69, 9.17) is 4.42 Å². The number of rotatable bonds is 5. The van der Waals surface area contributed by atoms with Gasteiger partial charge in [-0.25, -0.2) is 0 Å². The Balaban J connectivity index is 1.39. The van der Waals surface area contributed by atoms with Crippen LogP contribution in [-0.2, 0) is 16.1 Å². The molecule has 5 nitrogen and oxygen atoms in total. The average Bonchev–Trinajstić information content (AvgIpc) is 3.01. The van der Waals surface area contributed by atoms with Crippen LogP contribution >= 0.6 is 0 Å². The SMILES string of the molecule is CC1CC1c1ccc(CN(C)C(=O)CC2C(=O)Nc3ccccc32)o1. The molecule has 0 spiro atoms. The van der Waals surface area contributed by atoms with Gasteiger partial charge in [0, 0.05) is 25.1 Å². The summed E-state index contributed by atoms with van der Waals surface area (Å²) in [4.78, 5) is 26.4. The zero-order valence-electron chi connectivity index (χ0n) is 14.5. The predicted octanol–water partition coefficient (Wildman–Crippen LogP) is 3.49. The van der Waals surface area contributed by atoms with Crippen LogP contribution in [0.1, 0.15) is 48.7 Å². The van der Waals surface area contributed by atoms with E-state index >= 15 is 0 Å². The average molecular weight is 338 g/mol. The van der Waals surface area contributed by atoms with Gasteiger partial charge in [-0.15, -0.1) is 0 Å². The summed E-state index contributed by atoms with van der Waals surface area (Å²) in [6, 6.07) is 11.5. The number of hydrogen-bond donors (Lipinski definition) is 1. The molecule has 0 bridgehead atoms. The number of para-hydroxylation sites is 1. The Bertz CT molecular complexity index is 826. The molecule has 4 rings (SSSR count). The number of carbonyl (C=O) groups excluding carboxylic acids is 2. The molecule has 2 amide bonds. The molecule has 25 heavy (non-hydrogen) atoms. The van der Waals surface area contributed by atoms with E-state index in [9.17, 15) is 9.59 Å². The van der Waals surface area contributed by atoms with E-state index in [0.717, 1.165) is 22.8 Å². The van der Waals surface area contributed by atoms with Crippen LogP contribution in [0, 0.1) is 5.92 Å². The minimum absolute atomic E-state index is 0.0606. The molecule has 0 radical (unpaired) electrons. The molecule has 0 saturated heterocycles. The third kappa shape index (κ3) is 3.06. The van der Waals surface area contributed by atoms with Crippen LogP contribution in [0.25, 0.3) is 0 Å². The number of hydrogen-bond acceptors (Lipinski definition) is 3. The number of benzene rings is 1. The molecule has 2 heterocycles. The van der Waals surface area contributed by atoms with Crippen molar-refractivity contribution in [3.63, 3.8) is 0 Å². The number of nitrogens with one attached hydrogen (secondary N) is 1. The second-order valence-electron chi connectivity index (χ2n) is 7.21. The summed E-state index contributed by atoms with van der Waals surface area (Å²) < 4.78 is 5.87. The van der Waals surface area contributed by atoms with Gasteiger partial charge in [0.25, 0.3) is 0 Å². The van der Waals surface area contributed by atoms with Crippen molar-refractivity contribution < 1.29 is 14.0 Å². The number of anilines is 1. The highest BCUT2D eigenvalue weighted by molar-refractivity contribution is 6.04. The summed E-state index contributed by atoms with van der Waals surface area (Å²) in [5, 5.41) is 2.84. The summed E-state index contributed by atoms with van der Waals surface area (Å²) in [6.07, 6.45) is 1.35. The van der Waals surface area contributed by atoms with Crippen LogP contribution in [-0.4, -0.2) is 23.8 Å². The lowest BCUT2D eigenvalue weighted by atomic mass is 9.97. The third-order valence-corrected chi connectivity index (χ3v) is 5.27. The maximum atomic E-state index is 12.6. The molecule has 1 aliphatic heterocycles. The normalized spacial score (nSPS) is 23.9. The summed E-state index contributed by atoms with van der Waals surface area (Å²) in [7, 11) is 1.75. The van der Waals surface area contributed by atoms with E-state index in [0.29, 0.717) is 18.4 Å². The van der Waals surface area contributed by atoms with Crippen LogP contribution in [0.3, 0.4) is 0 Å². The van der Waals surface area contributed by atoms with E-state index in [1.165, 1.54) is 6.42 Å². The zero-order valence-corrected chi connectivity index (χ0v) is 14.5. The summed E-state index contributed by atoms with van der Waals surface area (Å²) in [6.45, 7) is 2.64. The fourth-order valence-corrected chi connectivity index (χ4v) is 3.53. The van der Waals surface area contributed by atoms with Crippen molar-refractivity contribution in [3.8, 4) is 0 Å². The molecule has 1 aromatic heterocycles. The van der Waals surface area contributed by atoms with E-state index in [1.54, 1.807) is 11.9 Å². The minimum Gasteiger partial charge on any atom is -0.464 e. The predicted molar refractivity (Wildman–Crippen MR) is 94.1 cm³/mol. The van der Waals surface area contributed by atoms with Crippen molar-refractivity contribution in [1.82, 2.24) is 4.90 Å². The van der Waals surface area contributed by atoms with E-state index < -0.39 is 5.92 Å². The second-order valence-corrected chi connectivity index (χ2v) is 7.21. The first-order chi connectivity index (χ1) is 12.0. The van der Waals surface area contributed by atoms with Gasteiger partial charge in [-0.3, -0.25) is 9.59 Å². The van der Waals surface area contributed by atoms with Crippen molar-refractivity contribution >= 4 is 17.5 Å². The van der Waals surface area contributed by atoms with Gasteiger partial charge in [0.15, 0.2) is 0 Å². The largest absolute Gasteiger partial charge is 0.464 e. The second kappa shape index (κ2) is 6.06. The molecule has 1 aromatic carbocycles. The van der Waals surface area contributed by atoms with Crippen molar-refractivity contribution in [2.75, 3.05) is 12.4 Å². The standard InChI is InChI=1S/C20H22N2O3/c1-12-9-15(12)18-8-7-13(25-18)11-22(2)19(23)10-16-14-5-3-4-6-17(14)21-20(16)24/h3-8,12,15-16H,9-11H2,1-2H3,(H,21,24). The lowest BCUT2D eigenvalue weighted by Gasteiger charge is -2.17. The third-order valence-electron chi connectivity index (χ3n) is 5.27. The van der Waals surface area contributed by atoms with Crippen molar-refractivity contribution in [2.45, 2.75) is 38.1 Å². The molecule has 3 unspecified atom stereocenters. The van der Waals surface area contributed by atoms with Gasteiger partial charge in [-0.1, -0.05) is 25.1 Å². The van der Waals surface area contributed by atoms with Gasteiger partial charge in [-0.2, -0.15) is 0 Å². The molecule has 5 heteroatoms. The van der Waals surface area contributed by atoms with Crippen molar-refractivity contribution in [3.05, 3.63) is 53.5 Å². The molecular weight excluding hydrogens is 316 g/mol. The van der Waals surface area contributed by atoms with E-state index in [-0.39, 0.29) is 18.2 Å². The van der Waals surface area contributed by atoms with Gasteiger partial charge in [-0.05, 0) is 36.1 Å². The van der Waals surface area contributed by atoms with Gasteiger partial charge < -0.3 is 14.6 Å². The number of furan rings is 1. The Labute approximate surface area is 147 Å². The van der Waals surface area contributed by atoms with Gasteiger partial charge >= 0.3 is 0 Å². The molecule has 1 saturated carbocycles. The highest BCUT2D eigenvalue weighted by atomic mass is 16.3. The quantitative estimate of drug-likeness (QED) is 0.908. The first-order valence-corrected chi connectivity index (χ1v) is 8.75. The number of amides is 2. The molecule has 1 fully saturated rings. The van der Waals surface area contributed by atoms with Crippen LogP contribution in [0.5, 0.6) is 0 Å². The zero-order chi connectivity index (χ0) is 17.6. The van der Waals surface area contributed by atoms with Crippen LogP contribution in [0.4, 0.5) is 5.69 Å². The molecule has 3 atom stereocenters. The summed E-state index contributed by atoms with van der Waals surface area (Å²) in [5.74, 6) is 2.47. The number of nitrogens with zero attached hydrogens (tertiary/aromatic N) is 1. The van der Waals surface area contributed by atoms with Crippen LogP contribution in [0.15, 0.2) is 40.8 Å². The van der Waals surface area contributed by atoms with Gasteiger partial charge in [0.2, 0.25) is 11.8 Å². The highest BCUT2D eigenvalue weighted by Gasteiger charge is 2.37. The molecule has 1 N–H and O–H groups in total. The fraction of sp³-hybridized carbons (Fsp3) is 0.400. The smallest absolute Gasteiger partial charge is 0.232 e. The molecule has 1 aliphatic carbocycles. The highest BCUT2D eigenvalue weighted by Crippen LogP contribution is 2.47. The maximum Gasteiger partial charge on any atom is 0.232 e. The number of carbonyl (C=O) groups is 2.